The van der Waals surface area contributed by atoms with E-state index in [1.807, 2.05) is 6.92 Å². The molecule has 3 N–H and O–H groups in total. The van der Waals surface area contributed by atoms with Crippen LogP contribution < -0.4 is 11.1 Å². The van der Waals surface area contributed by atoms with E-state index >= 15 is 0 Å². The number of amides is 1. The Hall–Kier alpha value is -0.610. The molecule has 88 valence electrons. The van der Waals surface area contributed by atoms with Crippen molar-refractivity contribution in [3.8, 4) is 0 Å². The molecule has 0 heterocycles. The predicted molar refractivity (Wildman–Crippen MR) is 59.5 cm³/mol. The summed E-state index contributed by atoms with van der Waals surface area (Å²) >= 11 is 0. The molecule has 1 atom stereocenters. The number of carbonyl (C=O) groups is 1. The second-order valence-electron chi connectivity index (χ2n) is 4.08. The molecule has 0 spiro atoms. The van der Waals surface area contributed by atoms with Gasteiger partial charge in [-0.05, 0) is 19.3 Å². The monoisotopic (exact) mass is 214 g/mol. The van der Waals surface area contributed by atoms with Crippen LogP contribution in [0.25, 0.3) is 0 Å². The molecule has 15 heavy (non-hydrogen) atoms. The number of carbonyl (C=O) groups excluding carboxylic acids is 1. The molecule has 4 heteroatoms. The number of hydrogen-bond acceptors (Lipinski definition) is 3. The lowest BCUT2D eigenvalue weighted by Gasteiger charge is -2.13. The van der Waals surface area contributed by atoms with Gasteiger partial charge in [-0.25, -0.2) is 0 Å². The van der Waals surface area contributed by atoms with Crippen LogP contribution in [0.4, 0.5) is 0 Å². The Morgan fingerprint density at radius 1 is 1.53 bits per heavy atom. The standard InChI is InChI=1S/C11H22N2O2/c1-2-10(12)11(14)13-7-8-15-9-5-3-4-6-9/h9-10H,2-8,12H2,1H3,(H,13,14)/t10-/m0/s1. The SMILES string of the molecule is CC[C@H](N)C(=O)NCCOC1CCCC1. The van der Waals surface area contributed by atoms with Crippen molar-refractivity contribution in [1.82, 2.24) is 5.32 Å². The van der Waals surface area contributed by atoms with E-state index in [4.69, 9.17) is 10.5 Å². The van der Waals surface area contributed by atoms with Crippen LogP contribution in [0.1, 0.15) is 39.0 Å². The Kier molecular flexibility index (Phi) is 5.65. The van der Waals surface area contributed by atoms with E-state index in [1.165, 1.54) is 25.7 Å². The third-order valence-electron chi connectivity index (χ3n) is 2.83. The summed E-state index contributed by atoms with van der Waals surface area (Å²) in [5.41, 5.74) is 5.57. The average molecular weight is 214 g/mol. The Balaban J connectivity index is 1.98. The molecule has 1 rings (SSSR count). The van der Waals surface area contributed by atoms with Gasteiger partial charge in [0.25, 0.3) is 0 Å². The van der Waals surface area contributed by atoms with Crippen molar-refractivity contribution in [3.05, 3.63) is 0 Å². The average Bonchev–Trinajstić information content (AvgIpc) is 2.75. The normalized spacial score (nSPS) is 19.1. The quantitative estimate of drug-likeness (QED) is 0.643. The maximum absolute atomic E-state index is 11.3. The molecule has 0 aromatic rings. The lowest BCUT2D eigenvalue weighted by atomic mass is 10.2. The van der Waals surface area contributed by atoms with Gasteiger partial charge < -0.3 is 15.8 Å². The summed E-state index contributed by atoms with van der Waals surface area (Å²) in [4.78, 5) is 11.3. The number of nitrogens with one attached hydrogen (secondary N) is 1. The summed E-state index contributed by atoms with van der Waals surface area (Å²) < 4.78 is 5.61. The zero-order valence-corrected chi connectivity index (χ0v) is 9.50. The molecule has 1 saturated carbocycles. The maximum Gasteiger partial charge on any atom is 0.236 e. The Labute approximate surface area is 91.5 Å². The summed E-state index contributed by atoms with van der Waals surface area (Å²) in [6.07, 6.45) is 5.98. The van der Waals surface area contributed by atoms with Crippen molar-refractivity contribution >= 4 is 5.91 Å². The van der Waals surface area contributed by atoms with Gasteiger partial charge in [0.05, 0.1) is 18.8 Å². The Morgan fingerprint density at radius 2 is 2.20 bits per heavy atom. The molecular formula is C11H22N2O2. The minimum Gasteiger partial charge on any atom is -0.376 e. The highest BCUT2D eigenvalue weighted by atomic mass is 16.5. The van der Waals surface area contributed by atoms with Crippen molar-refractivity contribution in [2.45, 2.75) is 51.2 Å². The van der Waals surface area contributed by atoms with Gasteiger partial charge in [0, 0.05) is 6.54 Å². The van der Waals surface area contributed by atoms with Crippen LogP contribution in [0.3, 0.4) is 0 Å². The number of hydrogen-bond donors (Lipinski definition) is 2. The predicted octanol–water partition coefficient (Wildman–Crippen LogP) is 0.799. The van der Waals surface area contributed by atoms with Crippen LogP contribution in [-0.2, 0) is 9.53 Å². The van der Waals surface area contributed by atoms with Gasteiger partial charge in [0.1, 0.15) is 0 Å². The summed E-state index contributed by atoms with van der Waals surface area (Å²) in [6.45, 7) is 3.08. The van der Waals surface area contributed by atoms with E-state index in [-0.39, 0.29) is 11.9 Å². The van der Waals surface area contributed by atoms with Crippen LogP contribution in [-0.4, -0.2) is 31.2 Å². The molecule has 1 aliphatic carbocycles. The van der Waals surface area contributed by atoms with Gasteiger partial charge in [0.15, 0.2) is 0 Å². The molecule has 0 bridgehead atoms. The molecule has 4 nitrogen and oxygen atoms in total. The lowest BCUT2D eigenvalue weighted by molar-refractivity contribution is -0.122. The molecule has 0 aromatic carbocycles. The van der Waals surface area contributed by atoms with Crippen LogP contribution in [0.5, 0.6) is 0 Å². The lowest BCUT2D eigenvalue weighted by Crippen LogP contribution is -2.41. The summed E-state index contributed by atoms with van der Waals surface area (Å²) in [5.74, 6) is -0.0764. The Morgan fingerprint density at radius 3 is 2.80 bits per heavy atom. The van der Waals surface area contributed by atoms with Crippen LogP contribution in [0.15, 0.2) is 0 Å². The van der Waals surface area contributed by atoms with Crippen LogP contribution >= 0.6 is 0 Å². The molecule has 0 unspecified atom stereocenters. The number of rotatable bonds is 6. The van der Waals surface area contributed by atoms with Crippen molar-refractivity contribution in [3.63, 3.8) is 0 Å². The zero-order chi connectivity index (χ0) is 11.1. The first kappa shape index (κ1) is 12.5. The van der Waals surface area contributed by atoms with Crippen LogP contribution in [0.2, 0.25) is 0 Å². The topological polar surface area (TPSA) is 64.4 Å². The molecule has 0 radical (unpaired) electrons. The number of nitrogens with two attached hydrogens (primary N) is 1. The van der Waals surface area contributed by atoms with Gasteiger partial charge in [0.2, 0.25) is 5.91 Å². The van der Waals surface area contributed by atoms with Gasteiger partial charge in [-0.1, -0.05) is 19.8 Å². The molecular weight excluding hydrogens is 192 g/mol. The summed E-state index contributed by atoms with van der Waals surface area (Å²) in [7, 11) is 0. The van der Waals surface area contributed by atoms with E-state index in [0.717, 1.165) is 0 Å². The summed E-state index contributed by atoms with van der Waals surface area (Å²) in [6, 6.07) is -0.378. The van der Waals surface area contributed by atoms with Crippen molar-refractivity contribution < 1.29 is 9.53 Å². The third kappa shape index (κ3) is 4.62. The molecule has 1 aliphatic rings. The van der Waals surface area contributed by atoms with Gasteiger partial charge in [-0.3, -0.25) is 4.79 Å². The fraction of sp³-hybridized carbons (Fsp3) is 0.909. The number of ether oxygens (including phenoxy) is 1. The fourth-order valence-electron chi connectivity index (χ4n) is 1.77. The molecule has 0 aliphatic heterocycles. The second-order valence-corrected chi connectivity index (χ2v) is 4.08. The van der Waals surface area contributed by atoms with Crippen molar-refractivity contribution in [2.75, 3.05) is 13.2 Å². The highest BCUT2D eigenvalue weighted by molar-refractivity contribution is 5.81. The third-order valence-corrected chi connectivity index (χ3v) is 2.83. The minimum absolute atomic E-state index is 0.0764. The first-order chi connectivity index (χ1) is 7.24. The summed E-state index contributed by atoms with van der Waals surface area (Å²) in [5, 5.41) is 2.77. The molecule has 0 saturated heterocycles. The van der Waals surface area contributed by atoms with E-state index in [9.17, 15) is 4.79 Å². The second kappa shape index (κ2) is 6.80. The molecule has 1 fully saturated rings. The van der Waals surface area contributed by atoms with Crippen molar-refractivity contribution in [1.29, 1.82) is 0 Å². The maximum atomic E-state index is 11.3. The van der Waals surface area contributed by atoms with Crippen molar-refractivity contribution in [2.24, 2.45) is 5.73 Å². The van der Waals surface area contributed by atoms with Gasteiger partial charge in [-0.15, -0.1) is 0 Å². The largest absolute Gasteiger partial charge is 0.376 e. The van der Waals surface area contributed by atoms with Crippen LogP contribution in [0, 0.1) is 0 Å². The van der Waals surface area contributed by atoms with E-state index in [1.54, 1.807) is 0 Å². The van der Waals surface area contributed by atoms with Gasteiger partial charge in [-0.2, -0.15) is 0 Å². The van der Waals surface area contributed by atoms with E-state index in [2.05, 4.69) is 5.32 Å². The van der Waals surface area contributed by atoms with Gasteiger partial charge >= 0.3 is 0 Å². The zero-order valence-electron chi connectivity index (χ0n) is 9.50. The minimum atomic E-state index is -0.378. The fourth-order valence-corrected chi connectivity index (χ4v) is 1.77. The molecule has 0 aromatic heterocycles. The highest BCUT2D eigenvalue weighted by Gasteiger charge is 2.15. The highest BCUT2D eigenvalue weighted by Crippen LogP contribution is 2.20. The first-order valence-electron chi connectivity index (χ1n) is 5.89. The van der Waals surface area contributed by atoms with E-state index < -0.39 is 0 Å². The Bertz CT molecular complexity index is 191. The first-order valence-corrected chi connectivity index (χ1v) is 5.89. The smallest absolute Gasteiger partial charge is 0.236 e. The molecule has 1 amide bonds. The van der Waals surface area contributed by atoms with E-state index in [0.29, 0.717) is 25.7 Å².